The van der Waals surface area contributed by atoms with Crippen LogP contribution in [0, 0.1) is 5.41 Å². The van der Waals surface area contributed by atoms with Crippen molar-refractivity contribution in [2.24, 2.45) is 5.41 Å². The maximum Gasteiger partial charge on any atom is 0.0586 e. The van der Waals surface area contributed by atoms with Crippen LogP contribution in [-0.2, 0) is 0 Å². The van der Waals surface area contributed by atoms with E-state index >= 15 is 0 Å². The molecule has 0 saturated carbocycles. The van der Waals surface area contributed by atoms with Gasteiger partial charge < -0.3 is 5.32 Å². The van der Waals surface area contributed by atoms with Crippen LogP contribution in [0.25, 0.3) is 0 Å². The van der Waals surface area contributed by atoms with Gasteiger partial charge in [-0.2, -0.15) is 0 Å². The molecule has 1 aliphatic heterocycles. The molecular weight excluding hydrogens is 166 g/mol. The first-order chi connectivity index (χ1) is 5.60. The Morgan fingerprint density at radius 1 is 1.42 bits per heavy atom. The summed E-state index contributed by atoms with van der Waals surface area (Å²) in [4.78, 5) is 0. The van der Waals surface area contributed by atoms with E-state index in [0.29, 0.717) is 10.8 Å². The number of rotatable bonds is 3. The van der Waals surface area contributed by atoms with Gasteiger partial charge in [-0.3, -0.25) is 0 Å². The van der Waals surface area contributed by atoms with Crippen LogP contribution in [0.15, 0.2) is 0 Å². The van der Waals surface area contributed by atoms with E-state index in [4.69, 9.17) is 0 Å². The first kappa shape index (κ1) is 10.4. The molecule has 1 saturated heterocycles. The van der Waals surface area contributed by atoms with Crippen LogP contribution < -0.4 is 5.32 Å². The van der Waals surface area contributed by atoms with Gasteiger partial charge in [0.05, 0.1) is 5.37 Å². The van der Waals surface area contributed by atoms with Crippen molar-refractivity contribution < 1.29 is 0 Å². The number of thioether (sulfide) groups is 1. The van der Waals surface area contributed by atoms with Crippen LogP contribution in [0.1, 0.15) is 40.5 Å². The van der Waals surface area contributed by atoms with Gasteiger partial charge in [-0.15, -0.1) is 11.8 Å². The van der Waals surface area contributed by atoms with Crippen molar-refractivity contribution in [3.8, 4) is 0 Å². The Hall–Kier alpha value is 0.310. The first-order valence-corrected chi connectivity index (χ1v) is 6.02. The molecule has 0 aromatic heterocycles. The summed E-state index contributed by atoms with van der Waals surface area (Å²) >= 11 is 2.10. The molecule has 0 spiro atoms. The predicted octanol–water partition coefficient (Wildman–Crippen LogP) is 2.86. The largest absolute Gasteiger partial charge is 0.301 e. The van der Waals surface area contributed by atoms with Crippen molar-refractivity contribution in [1.29, 1.82) is 0 Å². The van der Waals surface area contributed by atoms with Crippen molar-refractivity contribution in [3.05, 3.63) is 0 Å². The molecule has 2 heteroatoms. The highest BCUT2D eigenvalue weighted by molar-refractivity contribution is 8.00. The second kappa shape index (κ2) is 4.01. The molecule has 2 unspecified atom stereocenters. The molecule has 1 aliphatic rings. The SMILES string of the molecule is CCC1CSC(C(C)(C)CC)N1. The molecule has 72 valence electrons. The van der Waals surface area contributed by atoms with E-state index in [-0.39, 0.29) is 0 Å². The van der Waals surface area contributed by atoms with Crippen LogP contribution in [0.3, 0.4) is 0 Å². The van der Waals surface area contributed by atoms with E-state index in [2.05, 4.69) is 44.8 Å². The lowest BCUT2D eigenvalue weighted by Crippen LogP contribution is -2.38. The minimum Gasteiger partial charge on any atom is -0.301 e. The van der Waals surface area contributed by atoms with E-state index < -0.39 is 0 Å². The van der Waals surface area contributed by atoms with Gasteiger partial charge in [-0.25, -0.2) is 0 Å². The smallest absolute Gasteiger partial charge is 0.0586 e. The zero-order chi connectivity index (χ0) is 9.19. The molecule has 1 rings (SSSR count). The first-order valence-electron chi connectivity index (χ1n) is 4.97. The molecule has 0 bridgehead atoms. The molecule has 1 nitrogen and oxygen atoms in total. The molecule has 0 aromatic rings. The van der Waals surface area contributed by atoms with E-state index in [1.165, 1.54) is 18.6 Å². The van der Waals surface area contributed by atoms with Crippen molar-refractivity contribution in [2.75, 3.05) is 5.75 Å². The van der Waals surface area contributed by atoms with Gasteiger partial charge in [0.15, 0.2) is 0 Å². The number of nitrogens with one attached hydrogen (secondary N) is 1. The zero-order valence-corrected chi connectivity index (χ0v) is 9.50. The fourth-order valence-corrected chi connectivity index (χ4v) is 3.06. The Labute approximate surface area is 80.7 Å². The Kier molecular flexibility index (Phi) is 3.47. The minimum atomic E-state index is 0.453. The normalized spacial score (nSPS) is 31.0. The third kappa shape index (κ3) is 2.17. The third-order valence-electron chi connectivity index (χ3n) is 2.96. The fraction of sp³-hybridized carbons (Fsp3) is 1.00. The average Bonchev–Trinajstić information content (AvgIpc) is 2.52. The number of hydrogen-bond acceptors (Lipinski definition) is 2. The molecule has 0 aromatic carbocycles. The molecule has 1 heterocycles. The summed E-state index contributed by atoms with van der Waals surface area (Å²) in [6.07, 6.45) is 2.53. The average molecular weight is 187 g/mol. The van der Waals surface area contributed by atoms with Crippen molar-refractivity contribution in [2.45, 2.75) is 52.0 Å². The minimum absolute atomic E-state index is 0.453. The topological polar surface area (TPSA) is 12.0 Å². The number of hydrogen-bond donors (Lipinski definition) is 1. The lowest BCUT2D eigenvalue weighted by atomic mass is 9.89. The van der Waals surface area contributed by atoms with E-state index in [1.807, 2.05) is 0 Å². The summed E-state index contributed by atoms with van der Waals surface area (Å²) in [6, 6.07) is 0.755. The maximum absolute atomic E-state index is 3.69. The summed E-state index contributed by atoms with van der Waals surface area (Å²) in [5.74, 6) is 1.30. The van der Waals surface area contributed by atoms with E-state index in [0.717, 1.165) is 6.04 Å². The Bertz CT molecular complexity index is 145. The highest BCUT2D eigenvalue weighted by atomic mass is 32.2. The summed E-state index contributed by atoms with van der Waals surface area (Å²) in [6.45, 7) is 9.26. The van der Waals surface area contributed by atoms with Gasteiger partial charge in [0.1, 0.15) is 0 Å². The second-order valence-corrected chi connectivity index (χ2v) is 5.47. The van der Waals surface area contributed by atoms with Crippen LogP contribution in [0.5, 0.6) is 0 Å². The molecule has 0 amide bonds. The lowest BCUT2D eigenvalue weighted by Gasteiger charge is -2.30. The Morgan fingerprint density at radius 2 is 2.08 bits per heavy atom. The third-order valence-corrected chi connectivity index (χ3v) is 4.67. The predicted molar refractivity (Wildman–Crippen MR) is 57.5 cm³/mol. The van der Waals surface area contributed by atoms with E-state index in [9.17, 15) is 0 Å². The quantitative estimate of drug-likeness (QED) is 0.729. The Balaban J connectivity index is 2.46. The molecule has 0 radical (unpaired) electrons. The van der Waals surface area contributed by atoms with Crippen molar-refractivity contribution >= 4 is 11.8 Å². The van der Waals surface area contributed by atoms with Gasteiger partial charge in [0, 0.05) is 11.8 Å². The van der Waals surface area contributed by atoms with Gasteiger partial charge >= 0.3 is 0 Å². The lowest BCUT2D eigenvalue weighted by molar-refractivity contribution is 0.296. The summed E-state index contributed by atoms with van der Waals surface area (Å²) in [7, 11) is 0. The van der Waals surface area contributed by atoms with Gasteiger partial charge in [0.25, 0.3) is 0 Å². The van der Waals surface area contributed by atoms with E-state index in [1.54, 1.807) is 0 Å². The summed E-state index contributed by atoms with van der Waals surface area (Å²) in [5, 5.41) is 4.37. The fourth-order valence-electron chi connectivity index (χ4n) is 1.39. The molecule has 12 heavy (non-hydrogen) atoms. The Morgan fingerprint density at radius 3 is 2.50 bits per heavy atom. The van der Waals surface area contributed by atoms with Gasteiger partial charge in [-0.05, 0) is 18.3 Å². The molecular formula is C10H21NS. The van der Waals surface area contributed by atoms with Crippen LogP contribution in [0.4, 0.5) is 0 Å². The monoisotopic (exact) mass is 187 g/mol. The molecule has 1 fully saturated rings. The summed E-state index contributed by atoms with van der Waals surface area (Å²) in [5.41, 5.74) is 0.453. The molecule has 2 atom stereocenters. The van der Waals surface area contributed by atoms with Gasteiger partial charge in [0.2, 0.25) is 0 Å². The van der Waals surface area contributed by atoms with Crippen LogP contribution in [-0.4, -0.2) is 17.2 Å². The standard InChI is InChI=1S/C10H21NS/c1-5-8-7-12-9(11-8)10(3,4)6-2/h8-9,11H,5-7H2,1-4H3. The molecule has 1 N–H and O–H groups in total. The zero-order valence-electron chi connectivity index (χ0n) is 8.68. The second-order valence-electron chi connectivity index (χ2n) is 4.33. The highest BCUT2D eigenvalue weighted by Crippen LogP contribution is 2.36. The summed E-state index contributed by atoms with van der Waals surface area (Å²) < 4.78 is 0. The van der Waals surface area contributed by atoms with Gasteiger partial charge in [-0.1, -0.05) is 27.7 Å². The van der Waals surface area contributed by atoms with Crippen LogP contribution >= 0.6 is 11.8 Å². The van der Waals surface area contributed by atoms with Crippen LogP contribution in [0.2, 0.25) is 0 Å². The van der Waals surface area contributed by atoms with Crippen molar-refractivity contribution in [3.63, 3.8) is 0 Å². The maximum atomic E-state index is 3.69. The van der Waals surface area contributed by atoms with Crippen molar-refractivity contribution in [1.82, 2.24) is 5.32 Å². The highest BCUT2D eigenvalue weighted by Gasteiger charge is 2.34. The molecule has 0 aliphatic carbocycles.